The molecule has 1 saturated heterocycles. The van der Waals surface area contributed by atoms with Crippen LogP contribution in [0.4, 0.5) is 0 Å². The highest BCUT2D eigenvalue weighted by molar-refractivity contribution is 5.90. The van der Waals surface area contributed by atoms with Crippen molar-refractivity contribution in [2.45, 2.75) is 19.8 Å². The molecule has 2 heterocycles. The summed E-state index contributed by atoms with van der Waals surface area (Å²) in [7, 11) is 0. The Kier molecular flexibility index (Phi) is 4.15. The molecule has 1 aromatic rings. The molecule has 0 aliphatic carbocycles. The predicted octanol–water partition coefficient (Wildman–Crippen LogP) is 1.56. The second-order valence-electron chi connectivity index (χ2n) is 4.52. The van der Waals surface area contributed by atoms with Gasteiger partial charge in [0.1, 0.15) is 17.9 Å². The van der Waals surface area contributed by atoms with Crippen molar-refractivity contribution in [2.24, 2.45) is 0 Å². The van der Waals surface area contributed by atoms with E-state index in [9.17, 15) is 4.79 Å². The Hall–Kier alpha value is -1.62. The minimum absolute atomic E-state index is 0.127. The second-order valence-corrected chi connectivity index (χ2v) is 4.52. The first-order valence-corrected chi connectivity index (χ1v) is 6.22. The molecule has 0 radical (unpaired) electrons. The Labute approximate surface area is 106 Å². The molecule has 0 saturated carbocycles. The number of aromatic carboxylic acids is 1. The molecule has 1 fully saturated rings. The van der Waals surface area contributed by atoms with Crippen LogP contribution in [0.2, 0.25) is 0 Å². The van der Waals surface area contributed by atoms with Crippen LogP contribution in [-0.4, -0.2) is 47.2 Å². The fraction of sp³-hybridized carbons (Fsp3) is 0.538. The first kappa shape index (κ1) is 12.8. The van der Waals surface area contributed by atoms with E-state index in [4.69, 9.17) is 9.84 Å². The van der Waals surface area contributed by atoms with Gasteiger partial charge in [-0.25, -0.2) is 4.79 Å². The van der Waals surface area contributed by atoms with Gasteiger partial charge >= 0.3 is 5.97 Å². The Bertz CT molecular complexity index is 428. The highest BCUT2D eigenvalue weighted by atomic mass is 16.5. The monoisotopic (exact) mass is 250 g/mol. The standard InChI is InChI=1S/C13H18N2O3/c1-10-8-12(11(9-14-10)13(16)17)18-7-6-15-4-2-3-5-15/h8-9H,2-7H2,1H3,(H,16,17). The number of aryl methyl sites for hydroxylation is 1. The molecular formula is C13H18N2O3. The number of ether oxygens (including phenoxy) is 1. The first-order valence-electron chi connectivity index (χ1n) is 6.22. The van der Waals surface area contributed by atoms with Gasteiger partial charge in [-0.05, 0) is 32.9 Å². The van der Waals surface area contributed by atoms with Gasteiger partial charge in [-0.3, -0.25) is 9.88 Å². The molecule has 5 nitrogen and oxygen atoms in total. The molecule has 0 amide bonds. The minimum atomic E-state index is -1.00. The van der Waals surface area contributed by atoms with Crippen LogP contribution in [0.3, 0.4) is 0 Å². The number of hydrogen-bond acceptors (Lipinski definition) is 4. The number of rotatable bonds is 5. The molecule has 5 heteroatoms. The van der Waals surface area contributed by atoms with Crippen LogP contribution in [0, 0.1) is 6.92 Å². The summed E-state index contributed by atoms with van der Waals surface area (Å²) in [4.78, 5) is 17.3. The van der Waals surface area contributed by atoms with Crippen molar-refractivity contribution in [3.8, 4) is 5.75 Å². The number of nitrogens with zero attached hydrogens (tertiary/aromatic N) is 2. The maximum Gasteiger partial charge on any atom is 0.341 e. The van der Waals surface area contributed by atoms with Crippen LogP contribution in [0.25, 0.3) is 0 Å². The minimum Gasteiger partial charge on any atom is -0.491 e. The van der Waals surface area contributed by atoms with Gasteiger partial charge in [-0.15, -0.1) is 0 Å². The summed E-state index contributed by atoms with van der Waals surface area (Å²) in [6, 6.07) is 1.67. The highest BCUT2D eigenvalue weighted by Crippen LogP contribution is 2.18. The van der Waals surface area contributed by atoms with Crippen LogP contribution < -0.4 is 4.74 Å². The normalized spacial score (nSPS) is 15.8. The fourth-order valence-electron chi connectivity index (χ4n) is 2.11. The van der Waals surface area contributed by atoms with Crippen molar-refractivity contribution < 1.29 is 14.6 Å². The summed E-state index contributed by atoms with van der Waals surface area (Å²) in [5.74, 6) is -0.590. The van der Waals surface area contributed by atoms with Gasteiger partial charge in [0.2, 0.25) is 0 Å². The molecule has 0 aromatic carbocycles. The number of carboxylic acids is 1. The Morgan fingerprint density at radius 2 is 2.22 bits per heavy atom. The van der Waals surface area contributed by atoms with Gasteiger partial charge in [0.05, 0.1) is 0 Å². The van der Waals surface area contributed by atoms with Crippen LogP contribution in [0.5, 0.6) is 5.75 Å². The number of carboxylic acid groups (broad SMARTS) is 1. The van der Waals surface area contributed by atoms with E-state index in [1.165, 1.54) is 19.0 Å². The van der Waals surface area contributed by atoms with Crippen molar-refractivity contribution in [3.05, 3.63) is 23.5 Å². The zero-order valence-corrected chi connectivity index (χ0v) is 10.6. The number of likely N-dealkylation sites (tertiary alicyclic amines) is 1. The van der Waals surface area contributed by atoms with Crippen molar-refractivity contribution in [1.29, 1.82) is 0 Å². The first-order chi connectivity index (χ1) is 8.66. The summed E-state index contributed by atoms with van der Waals surface area (Å²) in [6.45, 7) is 5.41. The summed E-state index contributed by atoms with van der Waals surface area (Å²) in [5, 5.41) is 9.04. The third kappa shape index (κ3) is 3.20. The van der Waals surface area contributed by atoms with Gasteiger partial charge in [-0.2, -0.15) is 0 Å². The topological polar surface area (TPSA) is 62.7 Å². The molecule has 0 spiro atoms. The largest absolute Gasteiger partial charge is 0.491 e. The average Bonchev–Trinajstić information content (AvgIpc) is 2.82. The Balaban J connectivity index is 1.94. The lowest BCUT2D eigenvalue weighted by molar-refractivity contribution is 0.0691. The second kappa shape index (κ2) is 5.82. The van der Waals surface area contributed by atoms with E-state index in [0.29, 0.717) is 12.4 Å². The molecule has 1 N–H and O–H groups in total. The number of aromatic nitrogens is 1. The Morgan fingerprint density at radius 1 is 1.50 bits per heavy atom. The van der Waals surface area contributed by atoms with E-state index in [1.54, 1.807) is 6.07 Å². The molecule has 1 aliphatic rings. The maximum atomic E-state index is 11.0. The summed E-state index contributed by atoms with van der Waals surface area (Å²) >= 11 is 0. The van der Waals surface area contributed by atoms with Crippen LogP contribution in [0.15, 0.2) is 12.3 Å². The molecule has 1 aliphatic heterocycles. The van der Waals surface area contributed by atoms with E-state index < -0.39 is 5.97 Å². The number of pyridine rings is 1. The fourth-order valence-corrected chi connectivity index (χ4v) is 2.11. The van der Waals surface area contributed by atoms with Crippen molar-refractivity contribution >= 4 is 5.97 Å². The summed E-state index contributed by atoms with van der Waals surface area (Å²) in [5.41, 5.74) is 0.887. The average molecular weight is 250 g/mol. The number of hydrogen-bond donors (Lipinski definition) is 1. The predicted molar refractivity (Wildman–Crippen MR) is 67.1 cm³/mol. The van der Waals surface area contributed by atoms with Gasteiger partial charge in [0, 0.05) is 24.5 Å². The van der Waals surface area contributed by atoms with Crippen LogP contribution >= 0.6 is 0 Å². The van der Waals surface area contributed by atoms with Crippen molar-refractivity contribution in [2.75, 3.05) is 26.2 Å². The van der Waals surface area contributed by atoms with E-state index in [2.05, 4.69) is 9.88 Å². The highest BCUT2D eigenvalue weighted by Gasteiger charge is 2.14. The lowest BCUT2D eigenvalue weighted by Gasteiger charge is -2.15. The van der Waals surface area contributed by atoms with Gasteiger partial charge in [0.25, 0.3) is 0 Å². The van der Waals surface area contributed by atoms with E-state index in [1.807, 2.05) is 6.92 Å². The van der Waals surface area contributed by atoms with Crippen molar-refractivity contribution in [1.82, 2.24) is 9.88 Å². The smallest absolute Gasteiger partial charge is 0.341 e. The molecule has 18 heavy (non-hydrogen) atoms. The van der Waals surface area contributed by atoms with Crippen LogP contribution in [-0.2, 0) is 0 Å². The lowest BCUT2D eigenvalue weighted by atomic mass is 10.2. The maximum absolute atomic E-state index is 11.0. The quantitative estimate of drug-likeness (QED) is 0.859. The molecule has 1 aromatic heterocycles. The zero-order valence-electron chi connectivity index (χ0n) is 10.6. The third-order valence-electron chi connectivity index (χ3n) is 3.10. The molecular weight excluding hydrogens is 232 g/mol. The van der Waals surface area contributed by atoms with E-state index in [-0.39, 0.29) is 5.56 Å². The molecule has 0 bridgehead atoms. The molecule has 98 valence electrons. The lowest BCUT2D eigenvalue weighted by Crippen LogP contribution is -2.25. The summed E-state index contributed by atoms with van der Waals surface area (Å²) in [6.07, 6.45) is 3.84. The van der Waals surface area contributed by atoms with E-state index >= 15 is 0 Å². The Morgan fingerprint density at radius 3 is 2.89 bits per heavy atom. The van der Waals surface area contributed by atoms with Crippen LogP contribution in [0.1, 0.15) is 28.9 Å². The number of carbonyl (C=O) groups is 1. The van der Waals surface area contributed by atoms with Crippen molar-refractivity contribution in [3.63, 3.8) is 0 Å². The summed E-state index contributed by atoms with van der Waals surface area (Å²) < 4.78 is 5.58. The van der Waals surface area contributed by atoms with Gasteiger partial charge in [0.15, 0.2) is 0 Å². The van der Waals surface area contributed by atoms with Gasteiger partial charge < -0.3 is 9.84 Å². The van der Waals surface area contributed by atoms with Gasteiger partial charge in [-0.1, -0.05) is 0 Å². The molecule has 0 atom stereocenters. The molecule has 0 unspecified atom stereocenters. The third-order valence-corrected chi connectivity index (χ3v) is 3.10. The molecule has 2 rings (SSSR count). The van der Waals surface area contributed by atoms with E-state index in [0.717, 1.165) is 25.3 Å². The zero-order chi connectivity index (χ0) is 13.0. The SMILES string of the molecule is Cc1cc(OCCN2CCCC2)c(C(=O)O)cn1.